The van der Waals surface area contributed by atoms with Crippen molar-refractivity contribution in [1.29, 1.82) is 0 Å². The molecule has 0 radical (unpaired) electrons. The van der Waals surface area contributed by atoms with Gasteiger partial charge >= 0.3 is 0 Å². The highest BCUT2D eigenvalue weighted by molar-refractivity contribution is 5.21. The maximum Gasteiger partial charge on any atom is 0.123 e. The summed E-state index contributed by atoms with van der Waals surface area (Å²) < 4.78 is 13.3. The number of rotatable bonds is 5. The Bertz CT molecular complexity index is 513. The van der Waals surface area contributed by atoms with Gasteiger partial charge in [-0.1, -0.05) is 25.1 Å². The van der Waals surface area contributed by atoms with Gasteiger partial charge in [-0.05, 0) is 43.2 Å². The molecule has 100 valence electrons. The minimum atomic E-state index is -0.191. The fourth-order valence-corrected chi connectivity index (χ4v) is 2.19. The number of hydrogen-bond donors (Lipinski definition) is 1. The van der Waals surface area contributed by atoms with Crippen molar-refractivity contribution in [3.8, 4) is 0 Å². The SMILES string of the molecule is CCC(N[C@@H](C)c1ccccn1)c1cccc(F)c1. The molecule has 1 heterocycles. The summed E-state index contributed by atoms with van der Waals surface area (Å²) in [7, 11) is 0. The summed E-state index contributed by atoms with van der Waals surface area (Å²) >= 11 is 0. The number of hydrogen-bond acceptors (Lipinski definition) is 2. The Balaban J connectivity index is 2.11. The van der Waals surface area contributed by atoms with Crippen molar-refractivity contribution in [1.82, 2.24) is 10.3 Å². The highest BCUT2D eigenvalue weighted by atomic mass is 19.1. The van der Waals surface area contributed by atoms with Crippen LogP contribution in [0.3, 0.4) is 0 Å². The monoisotopic (exact) mass is 258 g/mol. The zero-order valence-electron chi connectivity index (χ0n) is 11.3. The lowest BCUT2D eigenvalue weighted by molar-refractivity contribution is 0.448. The molecule has 2 atom stereocenters. The second-order valence-electron chi connectivity index (χ2n) is 4.66. The molecule has 2 aromatic rings. The molecule has 0 aliphatic heterocycles. The Labute approximate surface area is 113 Å². The zero-order valence-corrected chi connectivity index (χ0v) is 11.3. The molecule has 0 amide bonds. The summed E-state index contributed by atoms with van der Waals surface area (Å²) in [5.74, 6) is -0.191. The van der Waals surface area contributed by atoms with E-state index in [0.29, 0.717) is 0 Å². The Kier molecular flexibility index (Phi) is 4.63. The number of halogens is 1. The first-order valence-corrected chi connectivity index (χ1v) is 6.63. The van der Waals surface area contributed by atoms with Gasteiger partial charge in [-0.15, -0.1) is 0 Å². The van der Waals surface area contributed by atoms with E-state index in [1.807, 2.05) is 24.3 Å². The van der Waals surface area contributed by atoms with Crippen LogP contribution in [0.15, 0.2) is 48.7 Å². The third kappa shape index (κ3) is 3.61. The molecule has 2 nitrogen and oxygen atoms in total. The summed E-state index contributed by atoms with van der Waals surface area (Å²) in [6.07, 6.45) is 2.69. The van der Waals surface area contributed by atoms with Crippen LogP contribution in [0.4, 0.5) is 4.39 Å². The van der Waals surface area contributed by atoms with Gasteiger partial charge in [0.2, 0.25) is 0 Å². The van der Waals surface area contributed by atoms with Gasteiger partial charge in [-0.2, -0.15) is 0 Å². The summed E-state index contributed by atoms with van der Waals surface area (Å²) in [6, 6.07) is 12.9. The van der Waals surface area contributed by atoms with Crippen LogP contribution in [-0.2, 0) is 0 Å². The van der Waals surface area contributed by atoms with Crippen LogP contribution in [0, 0.1) is 5.82 Å². The largest absolute Gasteiger partial charge is 0.302 e. The molecule has 0 saturated heterocycles. The van der Waals surface area contributed by atoms with Crippen LogP contribution in [0.2, 0.25) is 0 Å². The lowest BCUT2D eigenvalue weighted by Crippen LogP contribution is -2.24. The molecule has 3 heteroatoms. The Morgan fingerprint density at radius 1 is 1.21 bits per heavy atom. The van der Waals surface area contributed by atoms with Crippen molar-refractivity contribution in [3.05, 3.63) is 65.7 Å². The first-order valence-electron chi connectivity index (χ1n) is 6.63. The summed E-state index contributed by atoms with van der Waals surface area (Å²) in [5, 5.41) is 3.50. The molecule has 1 aromatic carbocycles. The van der Waals surface area contributed by atoms with E-state index in [1.165, 1.54) is 6.07 Å². The summed E-state index contributed by atoms with van der Waals surface area (Å²) in [4.78, 5) is 4.34. The minimum absolute atomic E-state index is 0.132. The molecule has 0 aliphatic carbocycles. The molecular formula is C16H19FN2. The standard InChI is InChI=1S/C16H19FN2/c1-3-15(13-7-6-8-14(17)11-13)19-12(2)16-9-4-5-10-18-16/h4-12,15,19H,3H2,1-2H3/t12-,15?/m0/s1. The number of pyridine rings is 1. The quantitative estimate of drug-likeness (QED) is 0.876. The van der Waals surface area contributed by atoms with Gasteiger partial charge in [-0.3, -0.25) is 4.98 Å². The smallest absolute Gasteiger partial charge is 0.123 e. The first-order chi connectivity index (χ1) is 9.20. The molecule has 0 bridgehead atoms. The van der Waals surface area contributed by atoms with Crippen molar-refractivity contribution in [2.24, 2.45) is 0 Å². The highest BCUT2D eigenvalue weighted by Crippen LogP contribution is 2.21. The summed E-state index contributed by atoms with van der Waals surface area (Å²) in [5.41, 5.74) is 1.97. The lowest BCUT2D eigenvalue weighted by atomic mass is 10.0. The molecule has 0 aliphatic rings. The predicted molar refractivity (Wildman–Crippen MR) is 75.2 cm³/mol. The first kappa shape index (κ1) is 13.7. The third-order valence-electron chi connectivity index (χ3n) is 3.24. The van der Waals surface area contributed by atoms with E-state index in [0.717, 1.165) is 17.7 Å². The molecule has 2 rings (SSSR count). The fraction of sp³-hybridized carbons (Fsp3) is 0.312. The van der Waals surface area contributed by atoms with Gasteiger partial charge in [0.05, 0.1) is 5.69 Å². The second kappa shape index (κ2) is 6.43. The topological polar surface area (TPSA) is 24.9 Å². The normalized spacial score (nSPS) is 14.1. The number of nitrogens with zero attached hydrogens (tertiary/aromatic N) is 1. The van der Waals surface area contributed by atoms with E-state index in [9.17, 15) is 4.39 Å². The average Bonchev–Trinajstić information content (AvgIpc) is 2.45. The maximum absolute atomic E-state index is 13.3. The van der Waals surface area contributed by atoms with Crippen LogP contribution in [-0.4, -0.2) is 4.98 Å². The van der Waals surface area contributed by atoms with Gasteiger partial charge < -0.3 is 5.32 Å². The van der Waals surface area contributed by atoms with Crippen LogP contribution in [0.5, 0.6) is 0 Å². The van der Waals surface area contributed by atoms with Crippen LogP contribution >= 0.6 is 0 Å². The minimum Gasteiger partial charge on any atom is -0.302 e. The number of aromatic nitrogens is 1. The maximum atomic E-state index is 13.3. The average molecular weight is 258 g/mol. The Morgan fingerprint density at radius 2 is 2.05 bits per heavy atom. The number of benzene rings is 1. The molecule has 0 fully saturated rings. The third-order valence-corrected chi connectivity index (χ3v) is 3.24. The fourth-order valence-electron chi connectivity index (χ4n) is 2.19. The van der Waals surface area contributed by atoms with E-state index in [2.05, 4.69) is 24.1 Å². The van der Waals surface area contributed by atoms with E-state index >= 15 is 0 Å². The van der Waals surface area contributed by atoms with Crippen LogP contribution < -0.4 is 5.32 Å². The number of nitrogens with one attached hydrogen (secondary N) is 1. The Hall–Kier alpha value is -1.74. The van der Waals surface area contributed by atoms with Gasteiger partial charge in [0.1, 0.15) is 5.82 Å². The van der Waals surface area contributed by atoms with Crippen molar-refractivity contribution in [2.45, 2.75) is 32.4 Å². The molecule has 1 N–H and O–H groups in total. The van der Waals surface area contributed by atoms with Crippen molar-refractivity contribution >= 4 is 0 Å². The van der Waals surface area contributed by atoms with Gasteiger partial charge in [0, 0.05) is 18.3 Å². The molecule has 0 spiro atoms. The molecule has 1 aromatic heterocycles. The summed E-state index contributed by atoms with van der Waals surface area (Å²) in [6.45, 7) is 4.16. The van der Waals surface area contributed by atoms with E-state index in [1.54, 1.807) is 18.3 Å². The van der Waals surface area contributed by atoms with Crippen molar-refractivity contribution < 1.29 is 4.39 Å². The predicted octanol–water partition coefficient (Wildman–Crippen LogP) is 4.02. The molecule has 19 heavy (non-hydrogen) atoms. The van der Waals surface area contributed by atoms with E-state index < -0.39 is 0 Å². The molecular weight excluding hydrogens is 239 g/mol. The van der Waals surface area contributed by atoms with E-state index in [4.69, 9.17) is 0 Å². The highest BCUT2D eigenvalue weighted by Gasteiger charge is 2.14. The molecule has 0 saturated carbocycles. The van der Waals surface area contributed by atoms with Crippen LogP contribution in [0.1, 0.15) is 43.6 Å². The van der Waals surface area contributed by atoms with Gasteiger partial charge in [-0.25, -0.2) is 4.39 Å². The second-order valence-corrected chi connectivity index (χ2v) is 4.66. The lowest BCUT2D eigenvalue weighted by Gasteiger charge is -2.22. The van der Waals surface area contributed by atoms with Crippen molar-refractivity contribution in [2.75, 3.05) is 0 Å². The zero-order chi connectivity index (χ0) is 13.7. The molecule has 1 unspecified atom stereocenters. The van der Waals surface area contributed by atoms with Gasteiger partial charge in [0.15, 0.2) is 0 Å². The van der Waals surface area contributed by atoms with Gasteiger partial charge in [0.25, 0.3) is 0 Å². The Morgan fingerprint density at radius 3 is 2.68 bits per heavy atom. The van der Waals surface area contributed by atoms with E-state index in [-0.39, 0.29) is 17.9 Å². The van der Waals surface area contributed by atoms with Crippen LogP contribution in [0.25, 0.3) is 0 Å². The van der Waals surface area contributed by atoms with Crippen molar-refractivity contribution in [3.63, 3.8) is 0 Å².